The molecule has 4 nitrogen and oxygen atoms in total. The van der Waals surface area contributed by atoms with Gasteiger partial charge in [0.15, 0.2) is 6.10 Å². The zero-order chi connectivity index (χ0) is 16.4. The number of aliphatic hydroxyl groups is 1. The number of aliphatic carboxylic acids is 1. The van der Waals surface area contributed by atoms with Crippen molar-refractivity contribution in [3.8, 4) is 5.75 Å². The Kier molecular flexibility index (Phi) is 7.72. The Labute approximate surface area is 131 Å². The van der Waals surface area contributed by atoms with E-state index in [1.54, 1.807) is 24.3 Å². The number of aliphatic hydroxyl groups excluding tert-OH is 1. The molecule has 1 atom stereocenters. The minimum atomic E-state index is -1.37. The Morgan fingerprint density at radius 1 is 1.00 bits per heavy atom. The lowest BCUT2D eigenvalue weighted by Crippen LogP contribution is -2.21. The van der Waals surface area contributed by atoms with E-state index in [-0.39, 0.29) is 6.42 Å². The maximum Gasteiger partial charge on any atom is 0.332 e. The van der Waals surface area contributed by atoms with E-state index in [0.717, 1.165) is 11.1 Å². The minimum Gasteiger partial charge on any atom is -0.489 e. The molecule has 2 aromatic rings. The number of carbonyl (C=O) groups is 1. The zero-order valence-electron chi connectivity index (χ0n) is 12.9. The van der Waals surface area contributed by atoms with E-state index in [2.05, 4.69) is 0 Å². The van der Waals surface area contributed by atoms with E-state index >= 15 is 0 Å². The highest BCUT2D eigenvalue weighted by molar-refractivity contribution is 5.72. The van der Waals surface area contributed by atoms with Crippen molar-refractivity contribution in [3.63, 3.8) is 0 Å². The zero-order valence-corrected chi connectivity index (χ0v) is 12.9. The van der Waals surface area contributed by atoms with Crippen LogP contribution in [0.5, 0.6) is 5.75 Å². The van der Waals surface area contributed by atoms with Gasteiger partial charge in [-0.2, -0.15) is 0 Å². The quantitative estimate of drug-likeness (QED) is 0.859. The molecule has 0 aliphatic rings. The summed E-state index contributed by atoms with van der Waals surface area (Å²) < 4.78 is 5.62. The average Bonchev–Trinajstić information content (AvgIpc) is 2.57. The van der Waals surface area contributed by atoms with E-state index in [1.165, 1.54) is 0 Å². The summed E-state index contributed by atoms with van der Waals surface area (Å²) in [5.41, 5.74) is 1.84. The highest BCUT2D eigenvalue weighted by Crippen LogP contribution is 2.15. The predicted molar refractivity (Wildman–Crippen MR) is 85.9 cm³/mol. The summed E-state index contributed by atoms with van der Waals surface area (Å²) in [6.45, 7) is 4.48. The number of carboxylic acids is 1. The summed E-state index contributed by atoms with van der Waals surface area (Å²) in [6.07, 6.45) is -1.28. The number of hydrogen-bond acceptors (Lipinski definition) is 3. The molecule has 2 aromatic carbocycles. The largest absolute Gasteiger partial charge is 0.489 e. The van der Waals surface area contributed by atoms with Gasteiger partial charge in [0, 0.05) is 6.42 Å². The third-order valence-corrected chi connectivity index (χ3v) is 2.89. The van der Waals surface area contributed by atoms with Crippen molar-refractivity contribution in [1.82, 2.24) is 0 Å². The molecule has 4 heteroatoms. The molecule has 0 radical (unpaired) electrons. The van der Waals surface area contributed by atoms with Crippen molar-refractivity contribution >= 4 is 5.97 Å². The summed E-state index contributed by atoms with van der Waals surface area (Å²) in [4.78, 5) is 10.6. The molecule has 0 bridgehead atoms. The van der Waals surface area contributed by atoms with Crippen LogP contribution in [0.25, 0.3) is 0 Å². The summed E-state index contributed by atoms with van der Waals surface area (Å²) in [7, 11) is 0. The first kappa shape index (κ1) is 17.7. The smallest absolute Gasteiger partial charge is 0.332 e. The first-order chi connectivity index (χ1) is 10.6. The van der Waals surface area contributed by atoms with Gasteiger partial charge in [-0.05, 0) is 23.3 Å². The molecule has 0 spiro atoms. The van der Waals surface area contributed by atoms with Crippen molar-refractivity contribution in [2.24, 2.45) is 0 Å². The Balaban J connectivity index is 0.00000116. The highest BCUT2D eigenvalue weighted by atomic mass is 16.5. The summed E-state index contributed by atoms with van der Waals surface area (Å²) in [6, 6.07) is 16.9. The molecule has 0 aromatic heterocycles. The van der Waals surface area contributed by atoms with Gasteiger partial charge in [-0.3, -0.25) is 0 Å². The molecular weight excluding hydrogens is 280 g/mol. The molecule has 0 fully saturated rings. The van der Waals surface area contributed by atoms with Crippen LogP contribution in [0.1, 0.15) is 25.0 Å². The standard InChI is InChI=1S/C16H16O4.C2H6/c17-15(16(18)19)10-12-6-8-14(9-7-12)20-11-13-4-2-1-3-5-13;1-2/h1-9,15,17H,10-11H2,(H,18,19);1-2H3. The Bertz CT molecular complexity index is 549. The van der Waals surface area contributed by atoms with Gasteiger partial charge in [0.2, 0.25) is 0 Å². The summed E-state index contributed by atoms with van der Waals surface area (Å²) >= 11 is 0. The number of benzene rings is 2. The molecule has 118 valence electrons. The Morgan fingerprint density at radius 3 is 2.14 bits per heavy atom. The summed E-state index contributed by atoms with van der Waals surface area (Å²) in [5.74, 6) is -0.503. The fourth-order valence-corrected chi connectivity index (χ4v) is 1.77. The molecule has 0 aliphatic carbocycles. The third kappa shape index (κ3) is 5.97. The van der Waals surface area contributed by atoms with Gasteiger partial charge in [0.1, 0.15) is 12.4 Å². The van der Waals surface area contributed by atoms with Gasteiger partial charge in [-0.15, -0.1) is 0 Å². The van der Waals surface area contributed by atoms with Crippen molar-refractivity contribution in [1.29, 1.82) is 0 Å². The van der Waals surface area contributed by atoms with Gasteiger partial charge in [-0.25, -0.2) is 4.79 Å². The lowest BCUT2D eigenvalue weighted by Gasteiger charge is -2.08. The van der Waals surface area contributed by atoms with Crippen LogP contribution in [0.2, 0.25) is 0 Å². The first-order valence-electron chi connectivity index (χ1n) is 7.31. The topological polar surface area (TPSA) is 66.8 Å². The number of carboxylic acid groups (broad SMARTS) is 1. The molecule has 0 amide bonds. The average molecular weight is 302 g/mol. The fourth-order valence-electron chi connectivity index (χ4n) is 1.77. The van der Waals surface area contributed by atoms with Crippen LogP contribution in [0.3, 0.4) is 0 Å². The lowest BCUT2D eigenvalue weighted by atomic mass is 10.1. The number of rotatable bonds is 6. The SMILES string of the molecule is CC.O=C(O)C(O)Cc1ccc(OCc2ccccc2)cc1. The second-order valence-corrected chi connectivity index (χ2v) is 4.48. The van der Waals surface area contributed by atoms with E-state index in [9.17, 15) is 9.90 Å². The van der Waals surface area contributed by atoms with Crippen LogP contribution in [-0.2, 0) is 17.8 Å². The van der Waals surface area contributed by atoms with Gasteiger partial charge >= 0.3 is 5.97 Å². The molecule has 0 saturated heterocycles. The van der Waals surface area contributed by atoms with E-state index < -0.39 is 12.1 Å². The van der Waals surface area contributed by atoms with Crippen molar-refractivity contribution < 1.29 is 19.7 Å². The van der Waals surface area contributed by atoms with Crippen molar-refractivity contribution in [3.05, 3.63) is 65.7 Å². The normalized spacial score (nSPS) is 11.0. The molecule has 1 unspecified atom stereocenters. The molecule has 2 rings (SSSR count). The lowest BCUT2D eigenvalue weighted by molar-refractivity contribution is -0.146. The second-order valence-electron chi connectivity index (χ2n) is 4.48. The minimum absolute atomic E-state index is 0.0916. The van der Waals surface area contributed by atoms with E-state index in [0.29, 0.717) is 12.4 Å². The Morgan fingerprint density at radius 2 is 1.59 bits per heavy atom. The number of hydrogen-bond donors (Lipinski definition) is 2. The van der Waals surface area contributed by atoms with Gasteiger partial charge in [0.25, 0.3) is 0 Å². The maximum atomic E-state index is 10.6. The number of ether oxygens (including phenoxy) is 1. The second kappa shape index (κ2) is 9.58. The first-order valence-corrected chi connectivity index (χ1v) is 7.31. The van der Waals surface area contributed by atoms with Crippen LogP contribution < -0.4 is 4.74 Å². The van der Waals surface area contributed by atoms with Crippen LogP contribution in [-0.4, -0.2) is 22.3 Å². The Hall–Kier alpha value is -2.33. The van der Waals surface area contributed by atoms with E-state index in [1.807, 2.05) is 44.2 Å². The van der Waals surface area contributed by atoms with Crippen LogP contribution in [0, 0.1) is 0 Å². The molecule has 0 heterocycles. The molecule has 0 aliphatic heterocycles. The van der Waals surface area contributed by atoms with Gasteiger partial charge < -0.3 is 14.9 Å². The van der Waals surface area contributed by atoms with Gasteiger partial charge in [-0.1, -0.05) is 56.3 Å². The molecular formula is C18H22O4. The van der Waals surface area contributed by atoms with Gasteiger partial charge in [0.05, 0.1) is 0 Å². The van der Waals surface area contributed by atoms with Crippen LogP contribution in [0.4, 0.5) is 0 Å². The van der Waals surface area contributed by atoms with Crippen LogP contribution >= 0.6 is 0 Å². The fraction of sp³-hybridized carbons (Fsp3) is 0.278. The van der Waals surface area contributed by atoms with Crippen molar-refractivity contribution in [2.75, 3.05) is 0 Å². The third-order valence-electron chi connectivity index (χ3n) is 2.89. The molecule has 0 saturated carbocycles. The molecule has 22 heavy (non-hydrogen) atoms. The van der Waals surface area contributed by atoms with Crippen molar-refractivity contribution in [2.45, 2.75) is 33.0 Å². The van der Waals surface area contributed by atoms with E-state index in [4.69, 9.17) is 9.84 Å². The predicted octanol–water partition coefficient (Wildman–Crippen LogP) is 3.28. The summed E-state index contributed by atoms with van der Waals surface area (Å²) in [5, 5.41) is 17.9. The highest BCUT2D eigenvalue weighted by Gasteiger charge is 2.13. The van der Waals surface area contributed by atoms with Crippen LogP contribution in [0.15, 0.2) is 54.6 Å². The monoisotopic (exact) mass is 302 g/mol. The maximum absolute atomic E-state index is 10.6. The molecule has 2 N–H and O–H groups in total.